The minimum absolute atomic E-state index is 0.0462. The van der Waals surface area contributed by atoms with Crippen LogP contribution < -0.4 is 0 Å². The van der Waals surface area contributed by atoms with Crippen molar-refractivity contribution in [3.63, 3.8) is 0 Å². The van der Waals surface area contributed by atoms with Crippen molar-refractivity contribution in [2.75, 3.05) is 19.8 Å². The molecule has 316 valence electrons. The van der Waals surface area contributed by atoms with E-state index in [0.717, 1.165) is 116 Å². The molecule has 0 amide bonds. The number of carbonyl (C=O) groups is 2. The predicted octanol–water partition coefficient (Wildman–Crippen LogP) is 14.9. The summed E-state index contributed by atoms with van der Waals surface area (Å²) in [6, 6.07) is 0. The van der Waals surface area contributed by atoms with E-state index >= 15 is 0 Å². The van der Waals surface area contributed by atoms with Crippen LogP contribution in [0.1, 0.15) is 175 Å². The largest absolute Gasteiger partial charge is 0.462 e. The topological polar surface area (TPSA) is 61.8 Å². The molecule has 0 aromatic heterocycles. The lowest BCUT2D eigenvalue weighted by molar-refractivity contribution is -0.163. The van der Waals surface area contributed by atoms with Gasteiger partial charge < -0.3 is 14.2 Å². The highest BCUT2D eigenvalue weighted by molar-refractivity contribution is 5.70. The average molecular weight is 775 g/mol. The molecule has 0 heterocycles. The molecule has 0 saturated heterocycles. The van der Waals surface area contributed by atoms with Gasteiger partial charge in [-0.3, -0.25) is 9.59 Å². The van der Waals surface area contributed by atoms with Crippen molar-refractivity contribution in [2.45, 2.75) is 181 Å². The van der Waals surface area contributed by atoms with E-state index < -0.39 is 6.10 Å². The Labute approximate surface area is 344 Å². The van der Waals surface area contributed by atoms with Crippen LogP contribution in [0.15, 0.2) is 109 Å². The number of rotatable bonds is 39. The Bertz CT molecular complexity index is 1150. The third-order valence-electron chi connectivity index (χ3n) is 8.80. The summed E-state index contributed by atoms with van der Waals surface area (Å²) in [5.41, 5.74) is 0. The second-order valence-corrected chi connectivity index (χ2v) is 14.2. The molecular formula is C51H82O5. The van der Waals surface area contributed by atoms with Crippen molar-refractivity contribution >= 4 is 11.9 Å². The lowest BCUT2D eigenvalue weighted by atomic mass is 10.1. The molecule has 0 aromatic rings. The van der Waals surface area contributed by atoms with Gasteiger partial charge in [0.1, 0.15) is 6.61 Å². The van der Waals surface area contributed by atoms with Gasteiger partial charge >= 0.3 is 11.9 Å². The van der Waals surface area contributed by atoms with Crippen LogP contribution in [0.5, 0.6) is 0 Å². The van der Waals surface area contributed by atoms with E-state index in [1.54, 1.807) is 0 Å². The molecule has 0 spiro atoms. The number of hydrogen-bond acceptors (Lipinski definition) is 5. The molecule has 0 fully saturated rings. The molecule has 0 aliphatic rings. The van der Waals surface area contributed by atoms with Crippen LogP contribution in [0.4, 0.5) is 0 Å². The van der Waals surface area contributed by atoms with Gasteiger partial charge in [-0.15, -0.1) is 0 Å². The summed E-state index contributed by atoms with van der Waals surface area (Å²) < 4.78 is 17.1. The molecule has 0 aromatic carbocycles. The van der Waals surface area contributed by atoms with E-state index in [1.807, 2.05) is 0 Å². The van der Waals surface area contributed by atoms with Crippen LogP contribution in [-0.4, -0.2) is 37.9 Å². The van der Waals surface area contributed by atoms with Crippen molar-refractivity contribution in [3.8, 4) is 0 Å². The van der Waals surface area contributed by atoms with Gasteiger partial charge in [0, 0.05) is 19.4 Å². The Morgan fingerprint density at radius 1 is 0.411 bits per heavy atom. The molecule has 56 heavy (non-hydrogen) atoms. The lowest BCUT2D eigenvalue weighted by Gasteiger charge is -2.18. The number of allylic oxidation sites excluding steroid dienone is 18. The molecule has 1 atom stereocenters. The fraction of sp³-hybridized carbons (Fsp3) is 0.608. The number of hydrogen-bond donors (Lipinski definition) is 0. The molecule has 0 saturated carbocycles. The summed E-state index contributed by atoms with van der Waals surface area (Å²) in [5, 5.41) is 0. The Balaban J connectivity index is 4.23. The van der Waals surface area contributed by atoms with Crippen LogP contribution in [0.25, 0.3) is 0 Å². The molecule has 0 rings (SSSR count). The lowest BCUT2D eigenvalue weighted by Crippen LogP contribution is -2.30. The third kappa shape index (κ3) is 43.3. The van der Waals surface area contributed by atoms with E-state index in [9.17, 15) is 9.59 Å². The van der Waals surface area contributed by atoms with Gasteiger partial charge in [-0.2, -0.15) is 0 Å². The monoisotopic (exact) mass is 775 g/mol. The van der Waals surface area contributed by atoms with Gasteiger partial charge in [0.05, 0.1) is 6.61 Å². The Kier molecular flexibility index (Phi) is 43.1. The Morgan fingerprint density at radius 2 is 0.804 bits per heavy atom. The van der Waals surface area contributed by atoms with E-state index in [-0.39, 0.29) is 25.2 Å². The SMILES string of the molecule is CC/C=C\C/C=C\C/C=C\C/C=C\C/C=C\C/C=C\CCCOCC(COC(=O)CCCCCCC/C=C\C/C=C\C/C=C\CC)OC(=O)CCCCCCC. The molecule has 0 aliphatic carbocycles. The molecule has 0 N–H and O–H groups in total. The molecule has 5 heteroatoms. The van der Waals surface area contributed by atoms with Gasteiger partial charge in [-0.25, -0.2) is 0 Å². The van der Waals surface area contributed by atoms with Crippen molar-refractivity contribution in [2.24, 2.45) is 0 Å². The van der Waals surface area contributed by atoms with Gasteiger partial charge in [0.15, 0.2) is 6.10 Å². The van der Waals surface area contributed by atoms with Crippen LogP contribution in [-0.2, 0) is 23.8 Å². The minimum Gasteiger partial charge on any atom is -0.462 e. The summed E-state index contributed by atoms with van der Waals surface area (Å²) in [4.78, 5) is 25.0. The highest BCUT2D eigenvalue weighted by Crippen LogP contribution is 2.11. The van der Waals surface area contributed by atoms with Crippen molar-refractivity contribution in [3.05, 3.63) is 109 Å². The highest BCUT2D eigenvalue weighted by atomic mass is 16.6. The van der Waals surface area contributed by atoms with Gasteiger partial charge in [-0.1, -0.05) is 175 Å². The normalized spacial score (nSPS) is 13.3. The van der Waals surface area contributed by atoms with E-state index in [4.69, 9.17) is 14.2 Å². The van der Waals surface area contributed by atoms with Crippen LogP contribution >= 0.6 is 0 Å². The number of unbranched alkanes of at least 4 members (excludes halogenated alkanes) is 10. The zero-order chi connectivity index (χ0) is 40.7. The summed E-state index contributed by atoms with van der Waals surface area (Å²) >= 11 is 0. The zero-order valence-electron chi connectivity index (χ0n) is 36.1. The molecular weight excluding hydrogens is 693 g/mol. The first-order chi connectivity index (χ1) is 27.6. The average Bonchev–Trinajstić information content (AvgIpc) is 3.20. The predicted molar refractivity (Wildman–Crippen MR) is 242 cm³/mol. The van der Waals surface area contributed by atoms with Crippen LogP contribution in [0.2, 0.25) is 0 Å². The Morgan fingerprint density at radius 3 is 1.29 bits per heavy atom. The van der Waals surface area contributed by atoms with Gasteiger partial charge in [0.2, 0.25) is 0 Å². The smallest absolute Gasteiger partial charge is 0.306 e. The first-order valence-electron chi connectivity index (χ1n) is 22.4. The number of carbonyl (C=O) groups excluding carboxylic acids is 2. The summed E-state index contributed by atoms with van der Waals surface area (Å²) in [7, 11) is 0. The third-order valence-corrected chi connectivity index (χ3v) is 8.80. The molecule has 5 nitrogen and oxygen atoms in total. The van der Waals surface area contributed by atoms with Gasteiger partial charge in [0.25, 0.3) is 0 Å². The second kappa shape index (κ2) is 45.9. The number of esters is 2. The quantitative estimate of drug-likeness (QED) is 0.0354. The minimum atomic E-state index is -0.575. The van der Waals surface area contributed by atoms with Crippen molar-refractivity contribution < 1.29 is 23.8 Å². The summed E-state index contributed by atoms with van der Waals surface area (Å²) in [5.74, 6) is -0.472. The standard InChI is InChI=1S/C51H82O5/c1-4-7-10-13-15-17-19-21-23-24-25-26-27-29-31-33-35-37-40-43-46-54-47-49(56-51(53)45-42-38-12-9-6-3)48-55-50(52)44-41-39-36-34-32-30-28-22-20-18-16-14-11-8-5-2/h7-8,10-11,15-18,21-23,25-26,28-29,31,35,37,49H,4-6,9,12-14,19-20,24,27,30,32-34,36,38-48H2,1-3H3/b10-7-,11-8-,17-15-,18-16-,23-21-,26-25-,28-22-,31-29-,37-35-. The maximum absolute atomic E-state index is 12.5. The van der Waals surface area contributed by atoms with Crippen LogP contribution in [0, 0.1) is 0 Å². The highest BCUT2D eigenvalue weighted by Gasteiger charge is 2.17. The molecule has 0 bridgehead atoms. The second-order valence-electron chi connectivity index (χ2n) is 14.2. The van der Waals surface area contributed by atoms with Gasteiger partial charge in [-0.05, 0) is 96.3 Å². The first kappa shape index (κ1) is 52.6. The summed E-state index contributed by atoms with van der Waals surface area (Å²) in [6.45, 7) is 7.34. The van der Waals surface area contributed by atoms with E-state index in [0.29, 0.717) is 19.4 Å². The number of ether oxygens (including phenoxy) is 3. The summed E-state index contributed by atoms with van der Waals surface area (Å²) in [6.07, 6.45) is 62.7. The van der Waals surface area contributed by atoms with Crippen molar-refractivity contribution in [1.29, 1.82) is 0 Å². The molecule has 0 aliphatic heterocycles. The fourth-order valence-corrected chi connectivity index (χ4v) is 5.54. The van der Waals surface area contributed by atoms with Crippen LogP contribution in [0.3, 0.4) is 0 Å². The maximum Gasteiger partial charge on any atom is 0.306 e. The zero-order valence-corrected chi connectivity index (χ0v) is 36.1. The molecule has 0 radical (unpaired) electrons. The molecule has 1 unspecified atom stereocenters. The van der Waals surface area contributed by atoms with E-state index in [2.05, 4.69) is 130 Å². The maximum atomic E-state index is 12.5. The fourth-order valence-electron chi connectivity index (χ4n) is 5.54. The van der Waals surface area contributed by atoms with Crippen molar-refractivity contribution in [1.82, 2.24) is 0 Å². The Hall–Kier alpha value is -3.44. The van der Waals surface area contributed by atoms with E-state index in [1.165, 1.54) is 25.7 Å². The first-order valence-corrected chi connectivity index (χ1v) is 22.4.